The summed E-state index contributed by atoms with van der Waals surface area (Å²) >= 11 is 0. The highest BCUT2D eigenvalue weighted by Gasteiger charge is 2.31. The summed E-state index contributed by atoms with van der Waals surface area (Å²) in [7, 11) is -3.82. The third kappa shape index (κ3) is 7.03. The van der Waals surface area contributed by atoms with Gasteiger partial charge in [0.15, 0.2) is 0 Å². The fourth-order valence-corrected chi connectivity index (χ4v) is 4.35. The quantitative estimate of drug-likeness (QED) is 0.552. The summed E-state index contributed by atoms with van der Waals surface area (Å²) in [6, 6.07) is 10.3. The maximum Gasteiger partial charge on any atom is 0.244 e. The van der Waals surface area contributed by atoms with Gasteiger partial charge in [0.05, 0.1) is 11.9 Å². The number of anilines is 1. The van der Waals surface area contributed by atoms with Gasteiger partial charge >= 0.3 is 0 Å². The molecule has 0 radical (unpaired) electrons. The van der Waals surface area contributed by atoms with Crippen LogP contribution in [0.2, 0.25) is 0 Å². The zero-order valence-electron chi connectivity index (χ0n) is 20.6. The topological polar surface area (TPSA) is 86.8 Å². The molecular formula is C25H34FN3O4S. The number of hydrogen-bond acceptors (Lipinski definition) is 4. The molecule has 0 spiro atoms. The highest BCUT2D eigenvalue weighted by molar-refractivity contribution is 7.92. The van der Waals surface area contributed by atoms with Gasteiger partial charge in [-0.25, -0.2) is 12.8 Å². The van der Waals surface area contributed by atoms with Gasteiger partial charge in [0.2, 0.25) is 21.8 Å². The van der Waals surface area contributed by atoms with Crippen LogP contribution in [-0.2, 0) is 26.2 Å². The van der Waals surface area contributed by atoms with E-state index >= 15 is 0 Å². The summed E-state index contributed by atoms with van der Waals surface area (Å²) in [6.45, 7) is 8.81. The van der Waals surface area contributed by atoms with E-state index < -0.39 is 40.2 Å². The molecule has 0 fully saturated rings. The van der Waals surface area contributed by atoms with Crippen molar-refractivity contribution < 1.29 is 22.4 Å². The molecular weight excluding hydrogens is 457 g/mol. The van der Waals surface area contributed by atoms with Crippen molar-refractivity contribution >= 4 is 27.5 Å². The van der Waals surface area contributed by atoms with E-state index in [-0.39, 0.29) is 18.0 Å². The number of benzene rings is 2. The minimum absolute atomic E-state index is 0.174. The highest BCUT2D eigenvalue weighted by atomic mass is 32.2. The van der Waals surface area contributed by atoms with Gasteiger partial charge in [-0.15, -0.1) is 0 Å². The molecule has 34 heavy (non-hydrogen) atoms. The number of halogens is 1. The molecule has 0 aliphatic rings. The lowest BCUT2D eigenvalue weighted by Crippen LogP contribution is -2.51. The van der Waals surface area contributed by atoms with Crippen LogP contribution in [0.3, 0.4) is 0 Å². The maximum atomic E-state index is 14.4. The molecule has 9 heteroatoms. The molecule has 1 atom stereocenters. The van der Waals surface area contributed by atoms with Gasteiger partial charge in [-0.05, 0) is 49.9 Å². The monoisotopic (exact) mass is 491 g/mol. The number of carbonyl (C=O) groups excluding carboxylic acids is 2. The largest absolute Gasteiger partial charge is 0.354 e. The van der Waals surface area contributed by atoms with Gasteiger partial charge < -0.3 is 10.2 Å². The van der Waals surface area contributed by atoms with Gasteiger partial charge in [-0.3, -0.25) is 13.9 Å². The predicted molar refractivity (Wildman–Crippen MR) is 132 cm³/mol. The van der Waals surface area contributed by atoms with Crippen molar-refractivity contribution in [1.29, 1.82) is 0 Å². The Morgan fingerprint density at radius 1 is 1.03 bits per heavy atom. The first-order valence-corrected chi connectivity index (χ1v) is 13.0. The Morgan fingerprint density at radius 3 is 2.26 bits per heavy atom. The first kappa shape index (κ1) is 27.3. The van der Waals surface area contributed by atoms with Crippen LogP contribution in [-0.4, -0.2) is 50.5 Å². The van der Waals surface area contributed by atoms with Crippen LogP contribution in [0.15, 0.2) is 42.5 Å². The Labute approximate surface area is 202 Å². The van der Waals surface area contributed by atoms with Crippen LogP contribution in [0.4, 0.5) is 10.1 Å². The van der Waals surface area contributed by atoms with Crippen LogP contribution in [0.1, 0.15) is 37.5 Å². The second-order valence-electron chi connectivity index (χ2n) is 8.92. The Morgan fingerprint density at radius 2 is 1.68 bits per heavy atom. The van der Waals surface area contributed by atoms with E-state index in [1.54, 1.807) is 32.0 Å². The summed E-state index contributed by atoms with van der Waals surface area (Å²) in [5, 5.41) is 2.79. The lowest BCUT2D eigenvalue weighted by molar-refractivity contribution is -0.139. The number of aryl methyl sites for hydroxylation is 1. The first-order valence-electron chi connectivity index (χ1n) is 11.2. The summed E-state index contributed by atoms with van der Waals surface area (Å²) in [5.74, 6) is -1.31. The van der Waals surface area contributed by atoms with Gasteiger partial charge in [-0.2, -0.15) is 0 Å². The Bertz CT molecular complexity index is 1130. The van der Waals surface area contributed by atoms with Crippen LogP contribution in [0, 0.1) is 25.6 Å². The van der Waals surface area contributed by atoms with Crippen molar-refractivity contribution in [3.05, 3.63) is 65.0 Å². The van der Waals surface area contributed by atoms with Crippen LogP contribution in [0.25, 0.3) is 0 Å². The molecule has 2 aromatic rings. The van der Waals surface area contributed by atoms with Gasteiger partial charge in [-0.1, -0.05) is 44.2 Å². The average molecular weight is 492 g/mol. The summed E-state index contributed by atoms with van der Waals surface area (Å²) in [6.07, 6.45) is 1.03. The first-order chi connectivity index (χ1) is 15.8. The second kappa shape index (κ2) is 11.5. The Kier molecular flexibility index (Phi) is 9.21. The minimum atomic E-state index is -3.82. The number of rotatable bonds is 10. The number of hydrogen-bond donors (Lipinski definition) is 1. The maximum absolute atomic E-state index is 14.4. The molecule has 0 unspecified atom stereocenters. The van der Waals surface area contributed by atoms with Crippen molar-refractivity contribution in [1.82, 2.24) is 10.2 Å². The fraction of sp³-hybridized carbons (Fsp3) is 0.440. The van der Waals surface area contributed by atoms with Crippen LogP contribution < -0.4 is 9.62 Å². The van der Waals surface area contributed by atoms with Crippen molar-refractivity contribution in [2.75, 3.05) is 23.7 Å². The van der Waals surface area contributed by atoms with Crippen molar-refractivity contribution in [3.63, 3.8) is 0 Å². The predicted octanol–water partition coefficient (Wildman–Crippen LogP) is 3.40. The standard InChI is InChI=1S/C25H34FN3O4S/c1-17(2)14-27-25(31)20(5)28(15-21-11-7-8-12-22(21)26)24(30)16-29(34(6,32)33)23-13-9-10-18(3)19(23)4/h7-13,17,20H,14-16H2,1-6H3,(H,27,31)/t20-/m0/s1. The normalized spacial score (nSPS) is 12.4. The molecule has 0 heterocycles. The highest BCUT2D eigenvalue weighted by Crippen LogP contribution is 2.25. The molecule has 0 aliphatic heterocycles. The van der Waals surface area contributed by atoms with Crippen molar-refractivity contribution in [2.24, 2.45) is 5.92 Å². The molecule has 7 nitrogen and oxygen atoms in total. The minimum Gasteiger partial charge on any atom is -0.354 e. The van der Waals surface area contributed by atoms with Gasteiger partial charge in [0.25, 0.3) is 0 Å². The Hall–Kier alpha value is -2.94. The summed E-state index contributed by atoms with van der Waals surface area (Å²) in [4.78, 5) is 27.5. The molecule has 1 N–H and O–H groups in total. The molecule has 186 valence electrons. The second-order valence-corrected chi connectivity index (χ2v) is 10.8. The van der Waals surface area contributed by atoms with E-state index in [9.17, 15) is 22.4 Å². The molecule has 2 rings (SSSR count). The molecule has 2 amide bonds. The molecule has 0 saturated heterocycles. The lowest BCUT2D eigenvalue weighted by atomic mass is 10.1. The van der Waals surface area contributed by atoms with E-state index in [2.05, 4.69) is 5.32 Å². The van der Waals surface area contributed by atoms with Gasteiger partial charge in [0.1, 0.15) is 18.4 Å². The Balaban J connectivity index is 2.43. The van der Waals surface area contributed by atoms with Gasteiger partial charge in [0, 0.05) is 18.7 Å². The van der Waals surface area contributed by atoms with Crippen LogP contribution in [0.5, 0.6) is 0 Å². The molecule has 0 saturated carbocycles. The lowest BCUT2D eigenvalue weighted by Gasteiger charge is -2.32. The third-order valence-corrected chi connectivity index (χ3v) is 6.80. The number of sulfonamides is 1. The fourth-order valence-electron chi connectivity index (χ4n) is 3.45. The number of amides is 2. The zero-order chi connectivity index (χ0) is 25.6. The molecule has 0 bridgehead atoms. The summed E-state index contributed by atoms with van der Waals surface area (Å²) in [5.41, 5.74) is 2.22. The third-order valence-electron chi connectivity index (χ3n) is 5.67. The molecule has 0 aliphatic carbocycles. The summed E-state index contributed by atoms with van der Waals surface area (Å²) < 4.78 is 40.8. The van der Waals surface area contributed by atoms with Crippen molar-refractivity contribution in [2.45, 2.75) is 47.2 Å². The van der Waals surface area contributed by atoms with Crippen LogP contribution >= 0.6 is 0 Å². The number of nitrogens with zero attached hydrogens (tertiary/aromatic N) is 2. The smallest absolute Gasteiger partial charge is 0.244 e. The number of nitrogens with one attached hydrogen (secondary N) is 1. The number of carbonyl (C=O) groups is 2. The van der Waals surface area contributed by atoms with E-state index in [0.717, 1.165) is 21.7 Å². The van der Waals surface area contributed by atoms with Crippen molar-refractivity contribution in [3.8, 4) is 0 Å². The zero-order valence-corrected chi connectivity index (χ0v) is 21.4. The SMILES string of the molecule is Cc1cccc(N(CC(=O)N(Cc2ccccc2F)[C@@H](C)C(=O)NCC(C)C)S(C)(=O)=O)c1C. The van der Waals surface area contributed by atoms with E-state index in [0.29, 0.717) is 12.2 Å². The molecule has 2 aromatic carbocycles. The van der Waals surface area contributed by atoms with E-state index in [1.165, 1.54) is 23.1 Å². The molecule has 0 aromatic heterocycles. The van der Waals surface area contributed by atoms with E-state index in [1.807, 2.05) is 26.8 Å². The average Bonchev–Trinajstić information content (AvgIpc) is 2.76. The van der Waals surface area contributed by atoms with E-state index in [4.69, 9.17) is 0 Å².